The molecule has 2 aromatic rings. The molecule has 25 heavy (non-hydrogen) atoms. The van der Waals surface area contributed by atoms with E-state index in [1.54, 1.807) is 25.1 Å². The van der Waals surface area contributed by atoms with E-state index in [1.165, 1.54) is 18.0 Å². The molecule has 0 saturated heterocycles. The van der Waals surface area contributed by atoms with Crippen LogP contribution in [0.4, 0.5) is 4.39 Å². The lowest BCUT2D eigenvalue weighted by molar-refractivity contribution is -0.140. The molecule has 0 aliphatic carbocycles. The Kier molecular flexibility index (Phi) is 6.69. The molecule has 0 aromatic heterocycles. The summed E-state index contributed by atoms with van der Waals surface area (Å²) in [5.41, 5.74) is 1.34. The number of nitrogens with zero attached hydrogens (tertiary/aromatic N) is 1. The summed E-state index contributed by atoms with van der Waals surface area (Å²) in [6, 6.07) is 15.1. The van der Waals surface area contributed by atoms with E-state index >= 15 is 0 Å². The van der Waals surface area contributed by atoms with E-state index in [1.807, 2.05) is 30.3 Å². The molecule has 0 saturated carbocycles. The first-order valence-electron chi connectivity index (χ1n) is 8.35. The summed E-state index contributed by atoms with van der Waals surface area (Å²) in [6.07, 6.45) is 0.622. The molecule has 2 aromatic carbocycles. The molecule has 1 N–H and O–H groups in total. The Morgan fingerprint density at radius 2 is 1.72 bits per heavy atom. The number of rotatable bonds is 7. The van der Waals surface area contributed by atoms with Gasteiger partial charge in [-0.15, -0.1) is 0 Å². The third-order valence-corrected chi connectivity index (χ3v) is 4.12. The maximum Gasteiger partial charge on any atom is 0.242 e. The molecule has 0 radical (unpaired) electrons. The summed E-state index contributed by atoms with van der Waals surface area (Å²) < 4.78 is 14.1. The van der Waals surface area contributed by atoms with Crippen molar-refractivity contribution in [2.24, 2.45) is 0 Å². The van der Waals surface area contributed by atoms with Crippen molar-refractivity contribution in [2.75, 3.05) is 7.05 Å². The van der Waals surface area contributed by atoms with Crippen molar-refractivity contribution in [1.29, 1.82) is 0 Å². The molecular formula is C20H23FN2O2. The minimum absolute atomic E-state index is 0.0598. The van der Waals surface area contributed by atoms with Gasteiger partial charge in [-0.2, -0.15) is 0 Å². The number of carbonyl (C=O) groups excluding carboxylic acids is 2. The maximum atomic E-state index is 14.1. The highest BCUT2D eigenvalue weighted by atomic mass is 19.1. The van der Waals surface area contributed by atoms with Gasteiger partial charge < -0.3 is 10.2 Å². The van der Waals surface area contributed by atoms with Gasteiger partial charge in [0.05, 0.1) is 0 Å². The molecule has 0 heterocycles. The zero-order valence-corrected chi connectivity index (χ0v) is 14.5. The molecule has 0 bridgehead atoms. The molecule has 0 fully saturated rings. The molecule has 0 spiro atoms. The van der Waals surface area contributed by atoms with Gasteiger partial charge in [0.25, 0.3) is 0 Å². The monoisotopic (exact) mass is 342 g/mol. The van der Waals surface area contributed by atoms with E-state index in [9.17, 15) is 14.0 Å². The molecule has 132 valence electrons. The summed E-state index contributed by atoms with van der Waals surface area (Å²) in [5.74, 6) is -0.832. The summed E-state index contributed by atoms with van der Waals surface area (Å²) in [5, 5.41) is 2.62. The van der Waals surface area contributed by atoms with Crippen LogP contribution in [0.5, 0.6) is 0 Å². The minimum Gasteiger partial charge on any atom is -0.357 e. The van der Waals surface area contributed by atoms with Crippen molar-refractivity contribution in [3.63, 3.8) is 0 Å². The fourth-order valence-electron chi connectivity index (χ4n) is 2.73. The van der Waals surface area contributed by atoms with Crippen LogP contribution in [0.15, 0.2) is 54.6 Å². The standard InChI is InChI=1S/C20H23FN2O2/c1-3-19(24)23(14-16-11-7-8-12-17(16)21)18(20(25)22-2)13-15-9-5-4-6-10-15/h4-12,18H,3,13-14H2,1-2H3,(H,22,25)/t18-/m0/s1. The van der Waals surface area contributed by atoms with Crippen LogP contribution >= 0.6 is 0 Å². The minimum atomic E-state index is -0.695. The predicted octanol–water partition coefficient (Wildman–Crippen LogP) is 2.92. The van der Waals surface area contributed by atoms with Gasteiger partial charge in [-0.05, 0) is 11.6 Å². The maximum absolute atomic E-state index is 14.1. The number of carbonyl (C=O) groups is 2. The second kappa shape index (κ2) is 8.97. The van der Waals surface area contributed by atoms with Crippen LogP contribution in [0, 0.1) is 5.82 Å². The quantitative estimate of drug-likeness (QED) is 0.841. The van der Waals surface area contributed by atoms with Gasteiger partial charge in [-0.1, -0.05) is 55.5 Å². The molecular weight excluding hydrogens is 319 g/mol. The summed E-state index contributed by atoms with van der Waals surface area (Å²) >= 11 is 0. The zero-order chi connectivity index (χ0) is 18.2. The number of amides is 2. The Labute approximate surface area is 147 Å². The number of likely N-dealkylation sites (N-methyl/N-ethyl adjacent to an activating group) is 1. The molecule has 2 rings (SSSR count). The Morgan fingerprint density at radius 3 is 2.32 bits per heavy atom. The van der Waals surface area contributed by atoms with Crippen LogP contribution in [0.25, 0.3) is 0 Å². The number of nitrogens with one attached hydrogen (secondary N) is 1. The normalized spacial score (nSPS) is 11.6. The van der Waals surface area contributed by atoms with Gasteiger partial charge in [0.2, 0.25) is 11.8 Å². The van der Waals surface area contributed by atoms with Crippen LogP contribution in [0.1, 0.15) is 24.5 Å². The highest BCUT2D eigenvalue weighted by Gasteiger charge is 2.29. The van der Waals surface area contributed by atoms with Crippen molar-refractivity contribution in [2.45, 2.75) is 32.4 Å². The topological polar surface area (TPSA) is 49.4 Å². The lowest BCUT2D eigenvalue weighted by Crippen LogP contribution is -2.49. The first-order chi connectivity index (χ1) is 12.1. The van der Waals surface area contributed by atoms with Gasteiger partial charge in [-0.3, -0.25) is 9.59 Å². The van der Waals surface area contributed by atoms with Gasteiger partial charge >= 0.3 is 0 Å². The van der Waals surface area contributed by atoms with Crippen molar-refractivity contribution in [3.05, 3.63) is 71.5 Å². The largest absolute Gasteiger partial charge is 0.357 e. The van der Waals surface area contributed by atoms with Crippen LogP contribution in [-0.2, 0) is 22.6 Å². The molecule has 4 nitrogen and oxygen atoms in total. The van der Waals surface area contributed by atoms with Crippen molar-refractivity contribution < 1.29 is 14.0 Å². The summed E-state index contributed by atoms with van der Waals surface area (Å²) in [6.45, 7) is 1.80. The fourth-order valence-corrected chi connectivity index (χ4v) is 2.73. The van der Waals surface area contributed by atoms with Crippen LogP contribution in [0.2, 0.25) is 0 Å². The lowest BCUT2D eigenvalue weighted by Gasteiger charge is -2.31. The molecule has 5 heteroatoms. The van der Waals surface area contributed by atoms with Gasteiger partial charge in [-0.25, -0.2) is 4.39 Å². The molecule has 0 aliphatic rings. The number of hydrogen-bond acceptors (Lipinski definition) is 2. The summed E-state index contributed by atoms with van der Waals surface area (Å²) in [4.78, 5) is 26.4. The Bertz CT molecular complexity index is 719. The smallest absolute Gasteiger partial charge is 0.242 e. The average Bonchev–Trinajstić information content (AvgIpc) is 2.65. The summed E-state index contributed by atoms with van der Waals surface area (Å²) in [7, 11) is 1.54. The van der Waals surface area contributed by atoms with Crippen LogP contribution in [-0.4, -0.2) is 29.8 Å². The zero-order valence-electron chi connectivity index (χ0n) is 14.5. The average molecular weight is 342 g/mol. The van der Waals surface area contributed by atoms with Crippen molar-refractivity contribution in [1.82, 2.24) is 10.2 Å². The predicted molar refractivity (Wildman–Crippen MR) is 95.2 cm³/mol. The third kappa shape index (κ3) is 4.89. The molecule has 2 amide bonds. The second-order valence-corrected chi connectivity index (χ2v) is 5.79. The van der Waals surface area contributed by atoms with Crippen LogP contribution < -0.4 is 5.32 Å². The SMILES string of the molecule is CCC(=O)N(Cc1ccccc1F)[C@@H](Cc1ccccc1)C(=O)NC. The van der Waals surface area contributed by atoms with E-state index in [0.717, 1.165) is 5.56 Å². The van der Waals surface area contributed by atoms with Crippen LogP contribution in [0.3, 0.4) is 0 Å². The third-order valence-electron chi connectivity index (χ3n) is 4.12. The highest BCUT2D eigenvalue weighted by Crippen LogP contribution is 2.17. The fraction of sp³-hybridized carbons (Fsp3) is 0.300. The van der Waals surface area contributed by atoms with E-state index < -0.39 is 6.04 Å². The highest BCUT2D eigenvalue weighted by molar-refractivity contribution is 5.87. The van der Waals surface area contributed by atoms with E-state index in [2.05, 4.69) is 5.32 Å². The lowest BCUT2D eigenvalue weighted by atomic mass is 10.0. The number of benzene rings is 2. The van der Waals surface area contributed by atoms with Gasteiger partial charge in [0.15, 0.2) is 0 Å². The molecule has 0 aliphatic heterocycles. The first kappa shape index (κ1) is 18.6. The van der Waals surface area contributed by atoms with Crippen molar-refractivity contribution >= 4 is 11.8 Å². The Balaban J connectivity index is 2.34. The Morgan fingerprint density at radius 1 is 1.08 bits per heavy atom. The van der Waals surface area contributed by atoms with E-state index in [-0.39, 0.29) is 30.6 Å². The number of hydrogen-bond donors (Lipinski definition) is 1. The first-order valence-corrected chi connectivity index (χ1v) is 8.35. The van der Waals surface area contributed by atoms with Gasteiger partial charge in [0, 0.05) is 32.0 Å². The molecule has 0 unspecified atom stereocenters. The van der Waals surface area contributed by atoms with Gasteiger partial charge in [0.1, 0.15) is 11.9 Å². The van der Waals surface area contributed by atoms with Crippen molar-refractivity contribution in [3.8, 4) is 0 Å². The second-order valence-electron chi connectivity index (χ2n) is 5.79. The molecule has 1 atom stereocenters. The van der Waals surface area contributed by atoms with E-state index in [4.69, 9.17) is 0 Å². The van der Waals surface area contributed by atoms with E-state index in [0.29, 0.717) is 12.0 Å². The number of halogens is 1. The Hall–Kier alpha value is -2.69.